The molecule has 1 aromatic carbocycles. The molecule has 0 aliphatic carbocycles. The molecule has 0 amide bonds. The minimum atomic E-state index is -4.64. The number of anilines is 1. The Labute approximate surface area is 177 Å². The van der Waals surface area contributed by atoms with Crippen molar-refractivity contribution in [3.05, 3.63) is 35.5 Å². The highest BCUT2D eigenvalue weighted by Gasteiger charge is 2.07. The first-order valence-electron chi connectivity index (χ1n) is 8.95. The molecular weight excluding hydrogens is 424 g/mol. The number of hydrogen-bond acceptors (Lipinski definition) is 4. The molecule has 160 valence electrons. The standard InChI is InChI=1S/C18H26ClN3.ClH.H3O4P/c1-4-22(5-2)12-6-7-14(3)21-17-10-11-20-18-13-15(19)8-9-16(17)18;;1-5(2,3)4/h8-11,13-14H,4-7,12H2,1-3H3,(H,20,21);1H;(H3,1,2,3,4). The zero-order valence-electron chi connectivity index (χ0n) is 16.4. The normalized spacial score (nSPS) is 12.1. The number of phosphoric acid groups is 1. The van der Waals surface area contributed by atoms with Crippen molar-refractivity contribution in [1.82, 2.24) is 9.88 Å². The monoisotopic (exact) mass is 453 g/mol. The molecule has 2 aromatic rings. The van der Waals surface area contributed by atoms with Crippen molar-refractivity contribution in [2.45, 2.75) is 39.7 Å². The van der Waals surface area contributed by atoms with E-state index in [4.69, 9.17) is 30.8 Å². The smallest absolute Gasteiger partial charge is 0.382 e. The molecule has 0 radical (unpaired) electrons. The lowest BCUT2D eigenvalue weighted by molar-refractivity contribution is 0.275. The maximum absolute atomic E-state index is 8.88. The summed E-state index contributed by atoms with van der Waals surface area (Å²) in [5.74, 6) is 0. The van der Waals surface area contributed by atoms with E-state index in [1.807, 2.05) is 30.5 Å². The molecular formula is C18H30Cl2N3O4P. The van der Waals surface area contributed by atoms with E-state index in [-0.39, 0.29) is 12.4 Å². The number of pyridine rings is 1. The fourth-order valence-electron chi connectivity index (χ4n) is 2.75. The summed E-state index contributed by atoms with van der Waals surface area (Å²) >= 11 is 6.04. The van der Waals surface area contributed by atoms with Crippen molar-refractivity contribution in [2.24, 2.45) is 0 Å². The average molecular weight is 454 g/mol. The first-order chi connectivity index (χ1) is 12.6. The quantitative estimate of drug-likeness (QED) is 0.441. The third kappa shape index (κ3) is 11.2. The van der Waals surface area contributed by atoms with Gasteiger partial charge in [0, 0.05) is 28.3 Å². The minimum absolute atomic E-state index is 0. The van der Waals surface area contributed by atoms with Gasteiger partial charge in [0.15, 0.2) is 0 Å². The third-order valence-electron chi connectivity index (χ3n) is 4.11. The summed E-state index contributed by atoms with van der Waals surface area (Å²) in [6.07, 6.45) is 4.21. The maximum atomic E-state index is 8.88. The molecule has 0 aliphatic heterocycles. The van der Waals surface area contributed by atoms with Crippen LogP contribution in [-0.2, 0) is 4.57 Å². The summed E-state index contributed by atoms with van der Waals surface area (Å²) in [6.45, 7) is 10.1. The molecule has 4 N–H and O–H groups in total. The molecule has 2 rings (SSSR count). The molecule has 1 aromatic heterocycles. The van der Waals surface area contributed by atoms with E-state index in [2.05, 4.69) is 36.0 Å². The van der Waals surface area contributed by atoms with Gasteiger partial charge < -0.3 is 24.9 Å². The molecule has 1 heterocycles. The van der Waals surface area contributed by atoms with Gasteiger partial charge in [0.25, 0.3) is 0 Å². The predicted octanol–water partition coefficient (Wildman–Crippen LogP) is 4.30. The van der Waals surface area contributed by atoms with Gasteiger partial charge in [-0.1, -0.05) is 25.4 Å². The van der Waals surface area contributed by atoms with E-state index < -0.39 is 7.82 Å². The first kappa shape index (κ1) is 27.1. The Balaban J connectivity index is 0.00000108. The van der Waals surface area contributed by atoms with Crippen molar-refractivity contribution in [1.29, 1.82) is 0 Å². The van der Waals surface area contributed by atoms with Crippen LogP contribution in [0.2, 0.25) is 5.02 Å². The van der Waals surface area contributed by atoms with Crippen LogP contribution < -0.4 is 5.32 Å². The lowest BCUT2D eigenvalue weighted by Gasteiger charge is -2.20. The second-order valence-corrected chi connectivity index (χ2v) is 7.71. The molecule has 28 heavy (non-hydrogen) atoms. The molecule has 0 fully saturated rings. The van der Waals surface area contributed by atoms with Crippen LogP contribution in [0.4, 0.5) is 5.69 Å². The van der Waals surface area contributed by atoms with E-state index in [1.165, 1.54) is 13.0 Å². The van der Waals surface area contributed by atoms with Gasteiger partial charge in [0.2, 0.25) is 0 Å². The number of benzene rings is 1. The van der Waals surface area contributed by atoms with Crippen molar-refractivity contribution in [3.63, 3.8) is 0 Å². The number of aromatic nitrogens is 1. The van der Waals surface area contributed by atoms with Gasteiger partial charge >= 0.3 is 7.82 Å². The Kier molecular flexibility index (Phi) is 12.9. The second-order valence-electron chi connectivity index (χ2n) is 6.25. The van der Waals surface area contributed by atoms with Crippen LogP contribution >= 0.6 is 31.8 Å². The summed E-state index contributed by atoms with van der Waals surface area (Å²) < 4.78 is 8.88. The van der Waals surface area contributed by atoms with Crippen molar-refractivity contribution < 1.29 is 19.2 Å². The Hall–Kier alpha value is -0.920. The van der Waals surface area contributed by atoms with Gasteiger partial charge in [-0.2, -0.15) is 0 Å². The molecule has 0 bridgehead atoms. The van der Waals surface area contributed by atoms with Crippen LogP contribution in [0, 0.1) is 0 Å². The van der Waals surface area contributed by atoms with E-state index in [0.717, 1.165) is 41.1 Å². The van der Waals surface area contributed by atoms with Crippen molar-refractivity contribution in [3.8, 4) is 0 Å². The lowest BCUT2D eigenvalue weighted by atomic mass is 10.1. The summed E-state index contributed by atoms with van der Waals surface area (Å²) in [4.78, 5) is 28.4. The fourth-order valence-corrected chi connectivity index (χ4v) is 2.91. The highest BCUT2D eigenvalue weighted by Crippen LogP contribution is 2.26. The third-order valence-corrected chi connectivity index (χ3v) is 4.35. The highest BCUT2D eigenvalue weighted by molar-refractivity contribution is 7.45. The molecule has 0 aliphatic rings. The number of rotatable bonds is 8. The molecule has 0 saturated heterocycles. The molecule has 7 nitrogen and oxygen atoms in total. The summed E-state index contributed by atoms with van der Waals surface area (Å²) in [7, 11) is -4.64. The topological polar surface area (TPSA) is 106 Å². The SMILES string of the molecule is CCN(CC)CCCC(C)Nc1ccnc2cc(Cl)ccc12.Cl.O=P(O)(O)O. The van der Waals surface area contributed by atoms with Crippen LogP contribution in [0.1, 0.15) is 33.6 Å². The molecule has 1 atom stereocenters. The maximum Gasteiger partial charge on any atom is 0.466 e. The molecule has 0 saturated carbocycles. The number of halogens is 2. The summed E-state index contributed by atoms with van der Waals surface area (Å²) in [5.41, 5.74) is 2.07. The van der Waals surface area contributed by atoms with Gasteiger partial charge in [-0.15, -0.1) is 12.4 Å². The number of nitrogens with one attached hydrogen (secondary N) is 1. The number of nitrogens with zero attached hydrogens (tertiary/aromatic N) is 2. The molecule has 10 heteroatoms. The van der Waals surface area contributed by atoms with Crippen molar-refractivity contribution in [2.75, 3.05) is 25.0 Å². The summed E-state index contributed by atoms with van der Waals surface area (Å²) in [6, 6.07) is 8.35. The molecule has 0 spiro atoms. The Morgan fingerprint density at radius 3 is 2.39 bits per heavy atom. The highest BCUT2D eigenvalue weighted by atomic mass is 35.5. The molecule has 1 unspecified atom stereocenters. The minimum Gasteiger partial charge on any atom is -0.382 e. The van der Waals surface area contributed by atoms with Crippen LogP contribution in [0.25, 0.3) is 10.9 Å². The van der Waals surface area contributed by atoms with E-state index in [1.54, 1.807) is 0 Å². The average Bonchev–Trinajstić information content (AvgIpc) is 2.57. The van der Waals surface area contributed by atoms with Gasteiger partial charge in [-0.25, -0.2) is 4.57 Å². The van der Waals surface area contributed by atoms with Gasteiger partial charge in [-0.05, 0) is 63.7 Å². The Morgan fingerprint density at radius 2 is 1.82 bits per heavy atom. The zero-order valence-corrected chi connectivity index (χ0v) is 18.8. The van der Waals surface area contributed by atoms with Crippen LogP contribution in [-0.4, -0.2) is 50.2 Å². The Morgan fingerprint density at radius 1 is 1.21 bits per heavy atom. The van der Waals surface area contributed by atoms with E-state index in [9.17, 15) is 0 Å². The predicted molar refractivity (Wildman–Crippen MR) is 118 cm³/mol. The van der Waals surface area contributed by atoms with Crippen LogP contribution in [0.15, 0.2) is 30.5 Å². The lowest BCUT2D eigenvalue weighted by Crippen LogP contribution is -2.25. The largest absolute Gasteiger partial charge is 0.466 e. The second kappa shape index (κ2) is 13.3. The Bertz CT molecular complexity index is 748. The van der Waals surface area contributed by atoms with E-state index in [0.29, 0.717) is 6.04 Å². The fraction of sp³-hybridized carbons (Fsp3) is 0.500. The van der Waals surface area contributed by atoms with Gasteiger partial charge in [0.05, 0.1) is 5.52 Å². The number of fused-ring (bicyclic) bond motifs is 1. The van der Waals surface area contributed by atoms with E-state index >= 15 is 0 Å². The summed E-state index contributed by atoms with van der Waals surface area (Å²) in [5, 5.41) is 5.47. The zero-order chi connectivity index (χ0) is 20.4. The number of hydrogen-bond donors (Lipinski definition) is 4. The van der Waals surface area contributed by atoms with Gasteiger partial charge in [-0.3, -0.25) is 4.98 Å². The van der Waals surface area contributed by atoms with Crippen molar-refractivity contribution >= 4 is 48.4 Å². The van der Waals surface area contributed by atoms with Crippen LogP contribution in [0.3, 0.4) is 0 Å². The van der Waals surface area contributed by atoms with Gasteiger partial charge in [0.1, 0.15) is 0 Å². The first-order valence-corrected chi connectivity index (χ1v) is 10.9. The van der Waals surface area contributed by atoms with Crippen LogP contribution in [0.5, 0.6) is 0 Å².